The molecule has 1 amide bonds. The van der Waals surface area contributed by atoms with Gasteiger partial charge in [0.15, 0.2) is 0 Å². The van der Waals surface area contributed by atoms with Crippen molar-refractivity contribution >= 4 is 38.9 Å². The van der Waals surface area contributed by atoms with Crippen molar-refractivity contribution < 1.29 is 13.2 Å². The van der Waals surface area contributed by atoms with E-state index in [0.717, 1.165) is 16.4 Å². The zero-order chi connectivity index (χ0) is 20.7. The van der Waals surface area contributed by atoms with Gasteiger partial charge in [-0.3, -0.25) is 9.10 Å². The van der Waals surface area contributed by atoms with E-state index in [0.29, 0.717) is 10.7 Å². The summed E-state index contributed by atoms with van der Waals surface area (Å²) in [5.41, 5.74) is 3.57. The van der Waals surface area contributed by atoms with Gasteiger partial charge in [0.1, 0.15) is 6.54 Å². The maximum atomic E-state index is 13.1. The lowest BCUT2D eigenvalue weighted by atomic mass is 10.1. The largest absolute Gasteiger partial charge is 0.271 e. The average Bonchev–Trinajstić information content (AvgIpc) is 2.71. The molecule has 6 nitrogen and oxygen atoms in total. The maximum Gasteiger partial charge on any atom is 0.264 e. The third-order valence-electron chi connectivity index (χ3n) is 4.42. The number of hydrogen-bond acceptors (Lipinski definition) is 4. The molecule has 0 radical (unpaired) electrons. The number of rotatable bonds is 8. The average molecular weight is 422 g/mol. The van der Waals surface area contributed by atoms with Gasteiger partial charge in [0, 0.05) is 10.7 Å². The predicted octanol–water partition coefficient (Wildman–Crippen LogP) is 4.07. The number of sulfonamides is 1. The van der Waals surface area contributed by atoms with Crippen LogP contribution in [0.5, 0.6) is 0 Å². The van der Waals surface area contributed by atoms with Crippen molar-refractivity contribution in [2.75, 3.05) is 10.8 Å². The van der Waals surface area contributed by atoms with Crippen LogP contribution in [0.2, 0.25) is 5.02 Å². The number of carbonyl (C=O) groups excluding carboxylic acids is 1. The van der Waals surface area contributed by atoms with Crippen LogP contribution >= 0.6 is 11.6 Å². The molecule has 0 bridgehead atoms. The summed E-state index contributed by atoms with van der Waals surface area (Å²) in [6.07, 6.45) is 0.893. The van der Waals surface area contributed by atoms with E-state index in [-0.39, 0.29) is 10.8 Å². The molecule has 2 rings (SSSR count). The van der Waals surface area contributed by atoms with E-state index in [9.17, 15) is 13.2 Å². The van der Waals surface area contributed by atoms with Crippen LogP contribution in [-0.2, 0) is 14.8 Å². The van der Waals surface area contributed by atoms with E-state index < -0.39 is 22.5 Å². The van der Waals surface area contributed by atoms with Gasteiger partial charge in [0.25, 0.3) is 15.9 Å². The van der Waals surface area contributed by atoms with Crippen molar-refractivity contribution in [3.8, 4) is 0 Å². The van der Waals surface area contributed by atoms with E-state index in [4.69, 9.17) is 11.6 Å². The summed E-state index contributed by atoms with van der Waals surface area (Å²) in [7, 11) is -3.94. The highest BCUT2D eigenvalue weighted by molar-refractivity contribution is 7.92. The van der Waals surface area contributed by atoms with Gasteiger partial charge < -0.3 is 0 Å². The Hall–Kier alpha value is -2.38. The van der Waals surface area contributed by atoms with Gasteiger partial charge in [-0.05, 0) is 55.7 Å². The smallest absolute Gasteiger partial charge is 0.264 e. The summed E-state index contributed by atoms with van der Waals surface area (Å²) in [6, 6.07) is 14.2. The normalized spacial score (nSPS) is 13.1. The van der Waals surface area contributed by atoms with Gasteiger partial charge in [-0.2, -0.15) is 5.10 Å². The Morgan fingerprint density at radius 1 is 1.14 bits per heavy atom. The molecule has 8 heteroatoms. The molecule has 0 aliphatic carbocycles. The van der Waals surface area contributed by atoms with Gasteiger partial charge in [-0.25, -0.2) is 13.8 Å². The number of hydrazone groups is 1. The molecule has 1 N–H and O–H groups in total. The molecule has 0 saturated carbocycles. The van der Waals surface area contributed by atoms with E-state index in [2.05, 4.69) is 10.5 Å². The number of carbonyl (C=O) groups is 1. The minimum atomic E-state index is -3.94. The highest BCUT2D eigenvalue weighted by atomic mass is 35.5. The molecule has 28 heavy (non-hydrogen) atoms. The minimum absolute atomic E-state index is 0.0945. The number of amides is 1. The fourth-order valence-corrected chi connectivity index (χ4v) is 3.93. The lowest BCUT2D eigenvalue weighted by Gasteiger charge is -2.23. The van der Waals surface area contributed by atoms with Crippen molar-refractivity contribution in [2.45, 2.75) is 32.1 Å². The van der Waals surface area contributed by atoms with Crippen LogP contribution in [0.15, 0.2) is 64.6 Å². The summed E-state index contributed by atoms with van der Waals surface area (Å²) in [6.45, 7) is 5.45. The fraction of sp³-hybridized carbons (Fsp3) is 0.300. The van der Waals surface area contributed by atoms with E-state index in [1.165, 1.54) is 12.1 Å². The molecule has 150 valence electrons. The Bertz CT molecular complexity index is 929. The van der Waals surface area contributed by atoms with Gasteiger partial charge >= 0.3 is 0 Å². The third kappa shape index (κ3) is 5.56. The molecule has 0 aliphatic heterocycles. The second kappa shape index (κ2) is 9.71. The highest BCUT2D eigenvalue weighted by Gasteiger charge is 2.27. The Labute approximate surface area is 171 Å². The Morgan fingerprint density at radius 2 is 1.75 bits per heavy atom. The summed E-state index contributed by atoms with van der Waals surface area (Å²) in [5.74, 6) is -0.308. The second-order valence-electron chi connectivity index (χ2n) is 6.40. The first-order chi connectivity index (χ1) is 13.3. The molecule has 2 aromatic carbocycles. The van der Waals surface area contributed by atoms with Crippen molar-refractivity contribution in [2.24, 2.45) is 11.0 Å². The lowest BCUT2D eigenvalue weighted by molar-refractivity contribution is -0.119. The molecule has 0 fully saturated rings. The standard InChI is InChI=1S/C20H24ClN3O3S/c1-4-15(2)16(3)22-23-20(25)14-24(18-12-10-17(21)11-13-18)28(26,27)19-8-6-5-7-9-19/h5-13,15H,4,14H2,1-3H3,(H,23,25)/t15-/m0/s1. The first kappa shape index (κ1) is 21.9. The van der Waals surface area contributed by atoms with Crippen LogP contribution in [0.25, 0.3) is 0 Å². The molecular formula is C20H24ClN3O3S. The van der Waals surface area contributed by atoms with Crippen LogP contribution in [0, 0.1) is 5.92 Å². The SMILES string of the molecule is CC[C@H](C)C(C)=NNC(=O)CN(c1ccc(Cl)cc1)S(=O)(=O)c1ccccc1. The van der Waals surface area contributed by atoms with Gasteiger partial charge in [0.05, 0.1) is 10.6 Å². The molecule has 1 atom stereocenters. The molecular weight excluding hydrogens is 398 g/mol. The minimum Gasteiger partial charge on any atom is -0.271 e. The second-order valence-corrected chi connectivity index (χ2v) is 8.70. The molecule has 0 spiro atoms. The van der Waals surface area contributed by atoms with E-state index in [1.807, 2.05) is 20.8 Å². The zero-order valence-corrected chi connectivity index (χ0v) is 17.7. The van der Waals surface area contributed by atoms with Gasteiger partial charge in [-0.15, -0.1) is 0 Å². The number of benzene rings is 2. The lowest BCUT2D eigenvalue weighted by Crippen LogP contribution is -2.39. The van der Waals surface area contributed by atoms with Crippen LogP contribution in [0.3, 0.4) is 0 Å². The van der Waals surface area contributed by atoms with Crippen molar-refractivity contribution in [1.82, 2.24) is 5.43 Å². The highest BCUT2D eigenvalue weighted by Crippen LogP contribution is 2.25. The Balaban J connectivity index is 2.32. The van der Waals surface area contributed by atoms with Crippen LogP contribution in [0.1, 0.15) is 27.2 Å². The number of nitrogens with one attached hydrogen (secondary N) is 1. The Morgan fingerprint density at radius 3 is 2.32 bits per heavy atom. The number of halogens is 1. The fourth-order valence-electron chi connectivity index (χ4n) is 2.36. The van der Waals surface area contributed by atoms with Crippen molar-refractivity contribution in [3.05, 3.63) is 59.6 Å². The van der Waals surface area contributed by atoms with Gasteiger partial charge in [-0.1, -0.05) is 43.6 Å². The van der Waals surface area contributed by atoms with Crippen LogP contribution in [-0.4, -0.2) is 26.6 Å². The summed E-state index contributed by atoms with van der Waals surface area (Å²) in [4.78, 5) is 12.5. The molecule has 0 heterocycles. The van der Waals surface area contributed by atoms with E-state index in [1.54, 1.807) is 42.5 Å². The molecule has 0 aliphatic rings. The quantitative estimate of drug-likeness (QED) is 0.515. The Kier molecular flexibility index (Phi) is 7.60. The third-order valence-corrected chi connectivity index (χ3v) is 6.46. The molecule has 0 unspecified atom stereocenters. The zero-order valence-electron chi connectivity index (χ0n) is 16.1. The summed E-state index contributed by atoms with van der Waals surface area (Å²) in [5, 5.41) is 4.56. The van der Waals surface area contributed by atoms with Crippen molar-refractivity contribution in [1.29, 1.82) is 0 Å². The maximum absolute atomic E-state index is 13.1. The van der Waals surface area contributed by atoms with Crippen LogP contribution in [0.4, 0.5) is 5.69 Å². The number of nitrogens with zero attached hydrogens (tertiary/aromatic N) is 2. The monoisotopic (exact) mass is 421 g/mol. The predicted molar refractivity (Wildman–Crippen MR) is 113 cm³/mol. The van der Waals surface area contributed by atoms with E-state index >= 15 is 0 Å². The topological polar surface area (TPSA) is 78.8 Å². The summed E-state index contributed by atoms with van der Waals surface area (Å²) < 4.78 is 27.3. The van der Waals surface area contributed by atoms with Gasteiger partial charge in [0.2, 0.25) is 0 Å². The van der Waals surface area contributed by atoms with Crippen molar-refractivity contribution in [3.63, 3.8) is 0 Å². The summed E-state index contributed by atoms with van der Waals surface area (Å²) >= 11 is 5.92. The number of anilines is 1. The first-order valence-corrected chi connectivity index (χ1v) is 10.7. The number of hydrogen-bond donors (Lipinski definition) is 1. The molecule has 0 saturated heterocycles. The first-order valence-electron chi connectivity index (χ1n) is 8.92. The van der Waals surface area contributed by atoms with Crippen LogP contribution < -0.4 is 9.73 Å². The molecule has 0 aromatic heterocycles. The molecule has 2 aromatic rings.